The Hall–Kier alpha value is -5.59. The number of aromatic nitrogens is 2. The van der Waals surface area contributed by atoms with Crippen LogP contribution in [0.5, 0.6) is 11.5 Å². The molecule has 0 atom stereocenters. The van der Waals surface area contributed by atoms with E-state index in [0.717, 1.165) is 52.7 Å². The first-order valence-electron chi connectivity index (χ1n) is 13.0. The molecule has 23 heteroatoms. The second-order valence-corrected chi connectivity index (χ2v) is 7.35. The average molecular weight is 864 g/mol. The normalized spacial score (nSPS) is 8.78. The fourth-order valence-corrected chi connectivity index (χ4v) is 2.69. The summed E-state index contributed by atoms with van der Waals surface area (Å²) in [5.74, 6) is 0.350. The minimum Gasteiger partial charge on any atom is -0.872 e. The smallest absolute Gasteiger partial charge is 0.872 e. The Balaban J connectivity index is -0.000000328. The van der Waals surface area contributed by atoms with E-state index in [2.05, 4.69) is 31.0 Å². The summed E-state index contributed by atoms with van der Waals surface area (Å²) in [6.07, 6.45) is 5.63. The van der Waals surface area contributed by atoms with Crippen molar-refractivity contribution in [3.8, 4) is 11.5 Å². The Morgan fingerprint density at radius 2 is 0.902 bits per heavy atom. The molecule has 22 nitrogen and oxygen atoms in total. The number of hydrazone groups is 2. The molecule has 0 aliphatic carbocycles. The van der Waals surface area contributed by atoms with Gasteiger partial charge in [0.1, 0.15) is 11.6 Å². The third-order valence-electron chi connectivity index (χ3n) is 4.50. The monoisotopic (exact) mass is 863 g/mol. The number of aliphatic hydroxyl groups is 4. The third kappa shape index (κ3) is 25.1. The van der Waals surface area contributed by atoms with Crippen LogP contribution in [-0.4, -0.2) is 86.2 Å². The quantitative estimate of drug-likeness (QED) is 0.0823. The van der Waals surface area contributed by atoms with Crippen LogP contribution in [0.25, 0.3) is 0 Å². The van der Waals surface area contributed by atoms with E-state index in [1.807, 2.05) is 0 Å². The Labute approximate surface area is 321 Å². The molecule has 0 radical (unpaired) electrons. The second-order valence-electron chi connectivity index (χ2n) is 7.35. The van der Waals surface area contributed by atoms with Crippen molar-refractivity contribution in [2.75, 3.05) is 39.3 Å². The summed E-state index contributed by atoms with van der Waals surface area (Å²) in [4.78, 5) is 36.2. The first-order valence-corrected chi connectivity index (χ1v) is 13.0. The molecule has 0 bridgehead atoms. The number of nitrogens with zero attached hydrogens (tertiary/aromatic N) is 7. The fourth-order valence-electron chi connectivity index (χ4n) is 2.69. The number of hydrogen-bond acceptors (Lipinski definition) is 19. The number of nitro benzene ring substituents is 2. The van der Waals surface area contributed by atoms with E-state index in [0.29, 0.717) is 11.6 Å². The van der Waals surface area contributed by atoms with Gasteiger partial charge in [0.25, 0.3) is 11.4 Å². The molecule has 51 heavy (non-hydrogen) atoms. The number of nitro groups is 2. The van der Waals surface area contributed by atoms with E-state index in [4.69, 9.17) is 35.7 Å². The van der Waals surface area contributed by atoms with Gasteiger partial charge in [-0.25, -0.2) is 9.97 Å². The van der Waals surface area contributed by atoms with Crippen molar-refractivity contribution in [3.63, 3.8) is 0 Å². The zero-order valence-corrected chi connectivity index (χ0v) is 29.3. The summed E-state index contributed by atoms with van der Waals surface area (Å²) in [6, 6.07) is 17.4. The molecule has 0 spiro atoms. The van der Waals surface area contributed by atoms with Crippen molar-refractivity contribution in [1.29, 1.82) is 0 Å². The van der Waals surface area contributed by atoms with Gasteiger partial charge in [0.2, 0.25) is 0 Å². The fraction of sp³-hybridized carbons (Fsp3) is 0.143. The molecule has 0 aliphatic heterocycles. The number of anilines is 2. The van der Waals surface area contributed by atoms with Crippen LogP contribution >= 0.6 is 0 Å². The summed E-state index contributed by atoms with van der Waals surface area (Å²) < 4.78 is 0. The van der Waals surface area contributed by atoms with Gasteiger partial charge < -0.3 is 46.0 Å². The molecule has 278 valence electrons. The molecule has 0 unspecified atom stereocenters. The molecule has 0 saturated carbocycles. The van der Waals surface area contributed by atoms with Gasteiger partial charge in [-0.1, -0.05) is 35.8 Å². The largest absolute Gasteiger partial charge is 3.00 e. The van der Waals surface area contributed by atoms with Crippen molar-refractivity contribution in [1.82, 2.24) is 9.97 Å². The van der Waals surface area contributed by atoms with Crippen LogP contribution < -0.4 is 21.1 Å². The van der Waals surface area contributed by atoms with Gasteiger partial charge in [0, 0.05) is 65.1 Å². The number of benzene rings is 2. The molecule has 2 aromatic carbocycles. The molecule has 6 N–H and O–H groups in total. The first kappa shape index (κ1) is 52.2. The topological polar surface area (TPSA) is 354 Å². The Morgan fingerprint density at radius 3 is 1.16 bits per heavy atom. The second kappa shape index (κ2) is 34.3. The molecule has 4 rings (SSSR count). The molecule has 0 aliphatic rings. The zero-order valence-electron chi connectivity index (χ0n) is 27.2. The van der Waals surface area contributed by atoms with E-state index in [-0.39, 0.29) is 72.6 Å². The predicted octanol–water partition coefficient (Wildman–Crippen LogP) is 1.21. The van der Waals surface area contributed by atoms with Crippen LogP contribution in [0.15, 0.2) is 95.4 Å². The van der Waals surface area contributed by atoms with E-state index in [1.165, 1.54) is 24.6 Å². The third-order valence-corrected chi connectivity index (χ3v) is 4.50. The van der Waals surface area contributed by atoms with Gasteiger partial charge in [0.05, 0.1) is 27.4 Å². The van der Waals surface area contributed by atoms with Gasteiger partial charge >= 0.3 is 38.6 Å². The Kier molecular flexibility index (Phi) is 35.1. The van der Waals surface area contributed by atoms with Crippen LogP contribution in [0.2, 0.25) is 0 Å². The van der Waals surface area contributed by atoms with Crippen LogP contribution in [0.3, 0.4) is 0 Å². The van der Waals surface area contributed by atoms with E-state index >= 15 is 0 Å². The maximum Gasteiger partial charge on any atom is 3.00 e. The predicted molar refractivity (Wildman–Crippen MR) is 179 cm³/mol. The van der Waals surface area contributed by atoms with E-state index in [1.54, 1.807) is 48.8 Å². The maximum atomic E-state index is 11.5. The van der Waals surface area contributed by atoms with Crippen molar-refractivity contribution in [2.24, 2.45) is 10.2 Å². The number of rotatable bonds is 8. The van der Waals surface area contributed by atoms with Gasteiger partial charge in [-0.3, -0.25) is 31.1 Å². The molecular formula is C28H34N9O13Tb. The number of aliphatic hydroxyl groups excluding tert-OH is 4. The minimum atomic E-state index is -1.75. The summed E-state index contributed by atoms with van der Waals surface area (Å²) in [5.41, 5.74) is 5.20. The van der Waals surface area contributed by atoms with Crippen molar-refractivity contribution < 1.29 is 84.2 Å². The Bertz CT molecular complexity index is 1460. The van der Waals surface area contributed by atoms with E-state index < -0.39 is 14.9 Å². The van der Waals surface area contributed by atoms with Crippen LogP contribution in [0.1, 0.15) is 11.1 Å². The number of nitrogens with one attached hydrogen (secondary N) is 2. The zero-order chi connectivity index (χ0) is 38.9. The molecule has 4 aromatic rings. The van der Waals surface area contributed by atoms with Crippen LogP contribution in [-0.2, 0) is 0 Å². The average Bonchev–Trinajstić information content (AvgIpc) is 3.14. The van der Waals surface area contributed by atoms with Crippen LogP contribution in [0.4, 0.5) is 23.0 Å². The van der Waals surface area contributed by atoms with Gasteiger partial charge in [-0.05, 0) is 35.4 Å². The molecule has 0 fully saturated rings. The molecular weight excluding hydrogens is 829 g/mol. The number of hydrogen-bond donors (Lipinski definition) is 6. The molecule has 0 amide bonds. The Morgan fingerprint density at radius 1 is 0.588 bits per heavy atom. The summed E-state index contributed by atoms with van der Waals surface area (Å²) in [6.45, 7) is 0. The summed E-state index contributed by atoms with van der Waals surface area (Å²) >= 11 is 0. The van der Waals surface area contributed by atoms with Crippen molar-refractivity contribution in [2.45, 2.75) is 0 Å². The number of non-ortho nitro benzene ring substituents is 2. The van der Waals surface area contributed by atoms with Gasteiger partial charge in [-0.15, -0.1) is 0 Å². The van der Waals surface area contributed by atoms with Gasteiger partial charge in [0.15, 0.2) is 0 Å². The SMILES string of the molecule is CO.CO.CO.CO.O=[N+]([O-])[O-].O=[N+]([O-])c1ccc([O-])c(/C=N/Nc2ccccn2)c1.O=[N+]([O-])c1ccc([O-])c(/C=N/Nc2ccccn2)c1.[Tb+3]. The van der Waals surface area contributed by atoms with E-state index in [9.17, 15) is 30.4 Å². The molecule has 0 saturated heterocycles. The number of pyridine rings is 2. The van der Waals surface area contributed by atoms with Crippen molar-refractivity contribution >= 4 is 35.4 Å². The van der Waals surface area contributed by atoms with Crippen molar-refractivity contribution in [3.05, 3.63) is 132 Å². The standard InChI is InChI=1S/2C12H10N4O3.4CH4O.NO3.Tb/c2*17-11-5-4-10(16(18)19)7-9(11)8-14-15-12-3-1-2-6-13-12;4*1-2;2-1(3)4;/h2*1-8,17H,(H,13,15);4*2H,1H3;;/q;;;;;;-1;+3/p-2/b2*14-8+;;;;;;. The first-order chi connectivity index (χ1) is 24.1. The van der Waals surface area contributed by atoms with Crippen LogP contribution in [0, 0.1) is 74.2 Å². The maximum absolute atomic E-state index is 11.5. The van der Waals surface area contributed by atoms with Gasteiger partial charge in [-0.2, -0.15) is 10.2 Å². The molecule has 2 heterocycles. The summed E-state index contributed by atoms with van der Waals surface area (Å²) in [5, 5.41) is 94.5. The minimum absolute atomic E-state index is 0. The molecule has 2 aromatic heterocycles. The summed E-state index contributed by atoms with van der Waals surface area (Å²) in [7, 11) is 4.00.